The highest BCUT2D eigenvalue weighted by Crippen LogP contribution is 2.50. The highest BCUT2D eigenvalue weighted by molar-refractivity contribution is 5.73. The lowest BCUT2D eigenvalue weighted by Crippen LogP contribution is -2.51. The topological polar surface area (TPSA) is 133 Å². The zero-order valence-electron chi connectivity index (χ0n) is 23.3. The Bertz CT molecular complexity index is 1450. The number of carboxylic acids is 2. The molecule has 19 heteroatoms. The molecule has 10 nitrogen and oxygen atoms in total. The van der Waals surface area contributed by atoms with Crippen molar-refractivity contribution in [2.75, 3.05) is 18.4 Å². The molecule has 0 bridgehead atoms. The molecule has 1 saturated heterocycles. The van der Waals surface area contributed by atoms with Crippen molar-refractivity contribution in [3.8, 4) is 0 Å². The fourth-order valence-corrected chi connectivity index (χ4v) is 4.97. The van der Waals surface area contributed by atoms with E-state index < -0.39 is 36.2 Å². The summed E-state index contributed by atoms with van der Waals surface area (Å²) in [5, 5.41) is 17.4. The van der Waals surface area contributed by atoms with Crippen LogP contribution in [0.5, 0.6) is 0 Å². The number of aliphatic carboxylic acids is 2. The van der Waals surface area contributed by atoms with Gasteiger partial charge in [0, 0.05) is 24.8 Å². The Kier molecular flexibility index (Phi) is 10.6. The molecule has 5 rings (SSSR count). The molecule has 1 saturated carbocycles. The zero-order valence-corrected chi connectivity index (χ0v) is 23.3. The number of halogens is 9. The van der Waals surface area contributed by atoms with Gasteiger partial charge in [-0.05, 0) is 62.7 Å². The maximum absolute atomic E-state index is 12.8. The highest BCUT2D eigenvalue weighted by Gasteiger charge is 2.46. The molecule has 2 aliphatic rings. The van der Waals surface area contributed by atoms with Gasteiger partial charge in [0.1, 0.15) is 23.5 Å². The lowest BCUT2D eigenvalue weighted by molar-refractivity contribution is -0.193. The molecule has 0 amide bonds. The van der Waals surface area contributed by atoms with E-state index in [9.17, 15) is 39.5 Å². The molecule has 0 atom stereocenters. The van der Waals surface area contributed by atoms with Crippen molar-refractivity contribution in [2.24, 2.45) is 5.41 Å². The van der Waals surface area contributed by atoms with Gasteiger partial charge in [0.2, 0.25) is 0 Å². The number of nitrogens with one attached hydrogen (secondary N) is 1. The number of carboxylic acid groups (broad SMARTS) is 2. The normalized spacial score (nSPS) is 17.0. The van der Waals surface area contributed by atoms with Crippen molar-refractivity contribution in [1.82, 2.24) is 24.3 Å². The third-order valence-electron chi connectivity index (χ3n) is 7.19. The molecule has 0 aromatic carbocycles. The number of piperidine rings is 1. The summed E-state index contributed by atoms with van der Waals surface area (Å²) in [6.45, 7) is 5.01. The second-order valence-corrected chi connectivity index (χ2v) is 10.6. The van der Waals surface area contributed by atoms with Crippen LogP contribution in [-0.4, -0.2) is 77.9 Å². The fraction of sp³-hybridized carbons (Fsp3) is 0.500. The zero-order chi connectivity index (χ0) is 33.8. The van der Waals surface area contributed by atoms with E-state index in [0.717, 1.165) is 63.4 Å². The van der Waals surface area contributed by atoms with Crippen molar-refractivity contribution in [1.29, 1.82) is 0 Å². The minimum atomic E-state index is -5.08. The first kappa shape index (κ1) is 35.3. The number of alkyl halides is 9. The number of anilines is 1. The molecular formula is C26H27F9N6O4. The van der Waals surface area contributed by atoms with Crippen LogP contribution in [0.15, 0.2) is 36.9 Å². The molecule has 3 N–H and O–H groups in total. The molecule has 3 aromatic rings. The van der Waals surface area contributed by atoms with E-state index in [-0.39, 0.29) is 11.9 Å². The van der Waals surface area contributed by atoms with Crippen LogP contribution in [0.4, 0.5) is 45.3 Å². The van der Waals surface area contributed by atoms with Crippen LogP contribution < -0.4 is 5.32 Å². The van der Waals surface area contributed by atoms with Gasteiger partial charge in [0.15, 0.2) is 0 Å². The van der Waals surface area contributed by atoms with Gasteiger partial charge < -0.3 is 19.9 Å². The van der Waals surface area contributed by atoms with E-state index in [0.29, 0.717) is 5.41 Å². The number of fused-ring (bicyclic) bond motifs is 1. The summed E-state index contributed by atoms with van der Waals surface area (Å²) in [6.07, 6.45) is -5.40. The number of hydrogen-bond donors (Lipinski definition) is 3. The number of imidazole rings is 1. The van der Waals surface area contributed by atoms with Crippen LogP contribution in [0.25, 0.3) is 5.65 Å². The molecule has 3 aromatic heterocycles. The van der Waals surface area contributed by atoms with Crippen molar-refractivity contribution >= 4 is 23.4 Å². The van der Waals surface area contributed by atoms with Crippen LogP contribution in [0, 0.1) is 12.3 Å². The number of rotatable bonds is 4. The predicted molar refractivity (Wildman–Crippen MR) is 138 cm³/mol. The van der Waals surface area contributed by atoms with Gasteiger partial charge in [0.05, 0.1) is 11.9 Å². The minimum Gasteiger partial charge on any atom is -0.475 e. The second-order valence-electron chi connectivity index (χ2n) is 10.6. The van der Waals surface area contributed by atoms with E-state index in [4.69, 9.17) is 19.8 Å². The van der Waals surface area contributed by atoms with Gasteiger partial charge in [0.25, 0.3) is 0 Å². The highest BCUT2D eigenvalue weighted by atomic mass is 19.4. The summed E-state index contributed by atoms with van der Waals surface area (Å²) in [6, 6.07) is 5.28. The van der Waals surface area contributed by atoms with Crippen LogP contribution in [0.3, 0.4) is 0 Å². The molecule has 2 fully saturated rings. The Hall–Kier alpha value is -4.16. The van der Waals surface area contributed by atoms with E-state index in [1.807, 2.05) is 12.3 Å². The molecule has 1 aliphatic heterocycles. The molecule has 0 unspecified atom stereocenters. The number of aryl methyl sites for hydroxylation is 1. The van der Waals surface area contributed by atoms with Gasteiger partial charge in [-0.3, -0.25) is 4.90 Å². The Morgan fingerprint density at radius 3 is 2.00 bits per heavy atom. The Morgan fingerprint density at radius 1 is 0.933 bits per heavy atom. The van der Waals surface area contributed by atoms with Crippen LogP contribution in [0.2, 0.25) is 0 Å². The van der Waals surface area contributed by atoms with Crippen LogP contribution in [0.1, 0.15) is 42.6 Å². The number of hydrogen-bond acceptors (Lipinski definition) is 7. The largest absolute Gasteiger partial charge is 0.490 e. The maximum Gasteiger partial charge on any atom is 0.490 e. The third-order valence-corrected chi connectivity index (χ3v) is 7.19. The van der Waals surface area contributed by atoms with Crippen molar-refractivity contribution in [3.63, 3.8) is 0 Å². The van der Waals surface area contributed by atoms with E-state index >= 15 is 0 Å². The predicted octanol–water partition coefficient (Wildman–Crippen LogP) is 5.57. The summed E-state index contributed by atoms with van der Waals surface area (Å²) in [5.74, 6) is -5.26. The third kappa shape index (κ3) is 9.92. The van der Waals surface area contributed by atoms with Crippen LogP contribution >= 0.6 is 0 Å². The number of pyridine rings is 1. The van der Waals surface area contributed by atoms with Crippen LogP contribution in [-0.2, 0) is 22.3 Å². The average molecular weight is 659 g/mol. The van der Waals surface area contributed by atoms with Gasteiger partial charge in [-0.2, -0.15) is 39.5 Å². The van der Waals surface area contributed by atoms with Gasteiger partial charge in [-0.1, -0.05) is 6.07 Å². The molecule has 1 spiro atoms. The summed E-state index contributed by atoms with van der Waals surface area (Å²) in [7, 11) is 0. The van der Waals surface area contributed by atoms with Crippen molar-refractivity contribution in [3.05, 3.63) is 53.9 Å². The van der Waals surface area contributed by atoms with Crippen molar-refractivity contribution < 1.29 is 59.3 Å². The second kappa shape index (κ2) is 13.5. The summed E-state index contributed by atoms with van der Waals surface area (Å²) in [5.41, 5.74) is 2.77. The average Bonchev–Trinajstić information content (AvgIpc) is 3.30. The SMILES string of the molecule is Cc1ccc2ncc(CN3CCC4(CC3)CC(Nc3cc(C(F)(F)F)ncn3)C4)n2c1.O=C(O)C(F)(F)F.O=C(O)C(F)(F)F. The first-order valence-corrected chi connectivity index (χ1v) is 13.1. The first-order valence-electron chi connectivity index (χ1n) is 13.1. The Labute approximate surface area is 248 Å². The summed E-state index contributed by atoms with van der Waals surface area (Å²) < 4.78 is 104. The van der Waals surface area contributed by atoms with Gasteiger partial charge in [-0.25, -0.2) is 24.5 Å². The minimum absolute atomic E-state index is 0.171. The smallest absolute Gasteiger partial charge is 0.475 e. The lowest BCUT2D eigenvalue weighted by atomic mass is 9.60. The fourth-order valence-electron chi connectivity index (χ4n) is 4.97. The number of aromatic nitrogens is 4. The van der Waals surface area contributed by atoms with E-state index in [1.54, 1.807) is 0 Å². The molecular weight excluding hydrogens is 631 g/mol. The molecule has 4 heterocycles. The van der Waals surface area contributed by atoms with Gasteiger partial charge in [-0.15, -0.1) is 0 Å². The first-order chi connectivity index (χ1) is 20.7. The summed E-state index contributed by atoms with van der Waals surface area (Å²) >= 11 is 0. The molecule has 0 radical (unpaired) electrons. The van der Waals surface area contributed by atoms with Gasteiger partial charge >= 0.3 is 30.5 Å². The van der Waals surface area contributed by atoms with E-state index in [1.165, 1.54) is 11.3 Å². The molecule has 1 aliphatic carbocycles. The number of nitrogens with zero attached hydrogens (tertiary/aromatic N) is 5. The maximum atomic E-state index is 12.8. The number of carbonyl (C=O) groups is 2. The quantitative estimate of drug-likeness (QED) is 0.308. The number of likely N-dealkylation sites (tertiary alicyclic amines) is 1. The Morgan fingerprint density at radius 2 is 1.49 bits per heavy atom. The lowest BCUT2D eigenvalue weighted by Gasteiger charge is -2.52. The summed E-state index contributed by atoms with van der Waals surface area (Å²) in [4.78, 5) is 32.0. The standard InChI is InChI=1S/C22H25F3N6.2C2HF3O2/c1-15-2-3-20-26-11-17(31(20)12-15)13-30-6-4-21(5-7-30)9-16(10-21)29-19-8-18(22(23,24)25)27-14-28-19;2*3-2(4,5)1(6)7/h2-3,8,11-12,14,16H,4-7,9-10,13H2,1H3,(H,27,28,29);2*(H,6,7). The van der Waals surface area contributed by atoms with Crippen molar-refractivity contribution in [2.45, 2.75) is 63.7 Å². The monoisotopic (exact) mass is 658 g/mol. The van der Waals surface area contributed by atoms with E-state index in [2.05, 4.69) is 48.8 Å². The Balaban J connectivity index is 0.000000331. The molecule has 248 valence electrons. The molecule has 45 heavy (non-hydrogen) atoms.